The van der Waals surface area contributed by atoms with Crippen LogP contribution < -0.4 is 0 Å². The largest absolute Gasteiger partial charge is 0.381 e. The summed E-state index contributed by atoms with van der Waals surface area (Å²) in [5.74, 6) is -2.95. The maximum atomic E-state index is 14.1. The monoisotopic (exact) mass is 399 g/mol. The second-order valence-corrected chi connectivity index (χ2v) is 6.65. The molecule has 0 aromatic heterocycles. The molecule has 0 spiro atoms. The van der Waals surface area contributed by atoms with Crippen LogP contribution in [0, 0.1) is 18.1 Å². The number of rotatable bonds is 8. The van der Waals surface area contributed by atoms with E-state index in [2.05, 4.69) is 13.8 Å². The summed E-state index contributed by atoms with van der Waals surface area (Å²) in [5, 5.41) is 0. The second kappa shape index (κ2) is 10.8. The fourth-order valence-corrected chi connectivity index (χ4v) is 2.63. The van der Waals surface area contributed by atoms with Gasteiger partial charge in [-0.15, -0.1) is 0 Å². The van der Waals surface area contributed by atoms with Crippen LogP contribution in [0.2, 0.25) is 0 Å². The van der Waals surface area contributed by atoms with Crippen molar-refractivity contribution < 1.29 is 23.1 Å². The van der Waals surface area contributed by atoms with E-state index in [1.807, 2.05) is 0 Å². The van der Waals surface area contributed by atoms with Crippen LogP contribution in [0.15, 0.2) is 42.5 Å². The van der Waals surface area contributed by atoms with Crippen molar-refractivity contribution in [2.75, 3.05) is 13.2 Å². The van der Waals surface area contributed by atoms with Crippen molar-refractivity contribution in [2.24, 2.45) is 0 Å². The Hall–Kier alpha value is -2.66. The molecule has 0 saturated carbocycles. The Morgan fingerprint density at radius 1 is 0.897 bits per heavy atom. The lowest BCUT2D eigenvalue weighted by molar-refractivity contribution is 0.101. The fraction of sp³-hybridized carbons (Fsp3) is 0.292. The number of benzene rings is 2. The van der Waals surface area contributed by atoms with Gasteiger partial charge in [-0.2, -0.15) is 0 Å². The average molecular weight is 399 g/mol. The molecule has 0 aliphatic heterocycles. The van der Waals surface area contributed by atoms with Crippen LogP contribution in [0.4, 0.5) is 8.78 Å². The summed E-state index contributed by atoms with van der Waals surface area (Å²) in [7, 11) is 0. The zero-order valence-corrected chi connectivity index (χ0v) is 16.9. The van der Waals surface area contributed by atoms with Crippen LogP contribution >= 0.6 is 0 Å². The highest BCUT2D eigenvalue weighted by Gasteiger charge is 2.25. The van der Waals surface area contributed by atoms with Crippen LogP contribution in [0.5, 0.6) is 0 Å². The van der Waals surface area contributed by atoms with Crippen molar-refractivity contribution in [1.82, 2.24) is 0 Å². The third-order valence-electron chi connectivity index (χ3n) is 4.22. The number of Topliss-reactive ketones (excluding diaryl/α,β-unsaturated/α-hetero) is 1. The van der Waals surface area contributed by atoms with Crippen LogP contribution in [0.1, 0.15) is 65.5 Å². The summed E-state index contributed by atoms with van der Waals surface area (Å²) in [6.45, 7) is 7.50. The lowest BCUT2D eigenvalue weighted by Crippen LogP contribution is -2.09. The molecule has 0 heterocycles. The minimum atomic E-state index is -1.15. The van der Waals surface area contributed by atoms with Gasteiger partial charge in [0.25, 0.3) is 0 Å². The molecule has 5 heteroatoms. The van der Waals surface area contributed by atoms with Crippen LogP contribution in [-0.2, 0) is 4.74 Å². The highest BCUT2D eigenvalue weighted by Crippen LogP contribution is 2.34. The summed E-state index contributed by atoms with van der Waals surface area (Å²) < 4.78 is 32.7. The highest BCUT2D eigenvalue weighted by atomic mass is 19.2. The topological polar surface area (TPSA) is 43.4 Å². The van der Waals surface area contributed by atoms with E-state index in [0.717, 1.165) is 32.1 Å². The van der Waals surface area contributed by atoms with E-state index in [1.165, 1.54) is 37.3 Å². The molecule has 1 aliphatic rings. The van der Waals surface area contributed by atoms with Gasteiger partial charge in [0, 0.05) is 30.8 Å². The molecule has 0 atom stereocenters. The average Bonchev–Trinajstić information content (AvgIpc) is 3.55. The van der Waals surface area contributed by atoms with E-state index < -0.39 is 17.4 Å². The van der Waals surface area contributed by atoms with Crippen LogP contribution in [0.25, 0.3) is 5.57 Å². The number of allylic oxidation sites excluding steroid dienone is 2. The number of hydrogen-bond donors (Lipinski definition) is 0. The van der Waals surface area contributed by atoms with E-state index in [0.29, 0.717) is 16.7 Å². The van der Waals surface area contributed by atoms with Crippen molar-refractivity contribution >= 4 is 17.1 Å². The minimum absolute atomic E-state index is 0.130. The van der Waals surface area contributed by atoms with Gasteiger partial charge in [0.15, 0.2) is 23.2 Å². The summed E-state index contributed by atoms with van der Waals surface area (Å²) in [4.78, 5) is 23.8. The molecule has 0 unspecified atom stereocenters. The van der Waals surface area contributed by atoms with Crippen molar-refractivity contribution in [3.8, 4) is 0 Å². The number of ketones is 2. The number of carbonyl (C=O) groups excluding carboxylic acids is 2. The molecular formula is C24H25F2O3. The molecule has 3 nitrogen and oxygen atoms in total. The van der Waals surface area contributed by atoms with Crippen molar-refractivity contribution in [2.45, 2.75) is 33.6 Å². The first-order valence-corrected chi connectivity index (χ1v) is 9.67. The molecule has 0 bridgehead atoms. The van der Waals surface area contributed by atoms with Gasteiger partial charge in [0.1, 0.15) is 0 Å². The number of halogens is 2. The Morgan fingerprint density at radius 3 is 1.93 bits per heavy atom. The molecular weight excluding hydrogens is 374 g/mol. The molecule has 3 rings (SSSR count). The van der Waals surface area contributed by atoms with Gasteiger partial charge in [0.2, 0.25) is 0 Å². The van der Waals surface area contributed by atoms with Crippen molar-refractivity contribution in [3.05, 3.63) is 82.8 Å². The normalized spacial score (nSPS) is 12.0. The lowest BCUT2D eigenvalue weighted by atomic mass is 9.95. The van der Waals surface area contributed by atoms with Crippen molar-refractivity contribution in [3.63, 3.8) is 0 Å². The third kappa shape index (κ3) is 6.16. The summed E-state index contributed by atoms with van der Waals surface area (Å²) in [6, 6.07) is 8.28. The maximum absolute atomic E-state index is 14.1. The predicted octanol–water partition coefficient (Wildman–Crippen LogP) is 5.82. The van der Waals surface area contributed by atoms with Gasteiger partial charge in [0.05, 0.1) is 5.56 Å². The quantitative estimate of drug-likeness (QED) is 0.415. The molecule has 1 aliphatic carbocycles. The Kier molecular flexibility index (Phi) is 8.40. The fourth-order valence-electron chi connectivity index (χ4n) is 2.63. The van der Waals surface area contributed by atoms with Gasteiger partial charge in [-0.25, -0.2) is 8.78 Å². The predicted molar refractivity (Wildman–Crippen MR) is 110 cm³/mol. The first kappa shape index (κ1) is 22.6. The van der Waals surface area contributed by atoms with Crippen LogP contribution in [-0.4, -0.2) is 24.8 Å². The van der Waals surface area contributed by atoms with Crippen molar-refractivity contribution in [1.29, 1.82) is 0 Å². The lowest BCUT2D eigenvalue weighted by Gasteiger charge is -2.09. The Morgan fingerprint density at radius 2 is 1.45 bits per heavy atom. The Bertz CT molecular complexity index is 895. The number of hydrogen-bond acceptors (Lipinski definition) is 3. The van der Waals surface area contributed by atoms with Gasteiger partial charge < -0.3 is 4.74 Å². The van der Waals surface area contributed by atoms with Gasteiger partial charge in [-0.3, -0.25) is 9.59 Å². The first-order chi connectivity index (χ1) is 13.9. The second-order valence-electron chi connectivity index (χ2n) is 6.65. The SMILES string of the molecule is CC(=O)c1ccc(C(=O)c2c(C3=C[CH]3)ccc(F)c2F)cc1.CCCOCCC. The molecule has 0 fully saturated rings. The van der Waals surface area contributed by atoms with Crippen LogP contribution in [0.3, 0.4) is 0 Å². The summed E-state index contributed by atoms with van der Waals surface area (Å²) in [6.07, 6.45) is 5.73. The van der Waals surface area contributed by atoms with E-state index in [9.17, 15) is 18.4 Å². The third-order valence-corrected chi connectivity index (χ3v) is 4.22. The zero-order chi connectivity index (χ0) is 21.4. The molecule has 0 N–H and O–H groups in total. The Labute approximate surface area is 170 Å². The van der Waals surface area contributed by atoms with E-state index in [4.69, 9.17) is 4.74 Å². The van der Waals surface area contributed by atoms with E-state index >= 15 is 0 Å². The highest BCUT2D eigenvalue weighted by molar-refractivity contribution is 6.13. The minimum Gasteiger partial charge on any atom is -0.381 e. The number of carbonyl (C=O) groups is 2. The molecule has 1 radical (unpaired) electrons. The molecule has 2 aromatic carbocycles. The summed E-state index contributed by atoms with van der Waals surface area (Å²) in [5.41, 5.74) is 1.46. The van der Waals surface area contributed by atoms with E-state index in [-0.39, 0.29) is 16.9 Å². The summed E-state index contributed by atoms with van der Waals surface area (Å²) >= 11 is 0. The Balaban J connectivity index is 0.000000370. The maximum Gasteiger partial charge on any atom is 0.196 e. The van der Waals surface area contributed by atoms with E-state index in [1.54, 1.807) is 12.5 Å². The molecule has 0 saturated heterocycles. The standard InChI is InChI=1S/C18H11F2O2.C6H14O/c1-10(21)11-2-6-13(7-3-11)18(22)16-14(12-4-5-12)8-9-15(19)17(16)20;1-3-5-7-6-4-2/h2-9H,1H3;3-6H2,1-2H3. The molecule has 2 aromatic rings. The molecule has 29 heavy (non-hydrogen) atoms. The molecule has 0 amide bonds. The number of ether oxygens (including phenoxy) is 1. The molecule has 153 valence electrons. The van der Waals surface area contributed by atoms with Gasteiger partial charge in [-0.1, -0.05) is 50.3 Å². The first-order valence-electron chi connectivity index (χ1n) is 9.67. The van der Waals surface area contributed by atoms with Gasteiger partial charge in [-0.05, 0) is 37.0 Å². The zero-order valence-electron chi connectivity index (χ0n) is 16.9. The smallest absolute Gasteiger partial charge is 0.196 e. The van der Waals surface area contributed by atoms with Gasteiger partial charge >= 0.3 is 0 Å².